The van der Waals surface area contributed by atoms with E-state index in [1.54, 1.807) is 0 Å². The normalized spacial score (nSPS) is 30.8. The van der Waals surface area contributed by atoms with Gasteiger partial charge >= 0.3 is 0 Å². The molecule has 0 aromatic carbocycles. The zero-order chi connectivity index (χ0) is 12.3. The molecule has 5 nitrogen and oxygen atoms in total. The maximum Gasteiger partial charge on any atom is 0.254 e. The Morgan fingerprint density at radius 3 is 2.38 bits per heavy atom. The monoisotopic (exact) mass is 229 g/mol. The summed E-state index contributed by atoms with van der Waals surface area (Å²) < 4.78 is 5.66. The number of hydrogen-bond donors (Lipinski definition) is 2. The fourth-order valence-corrected chi connectivity index (χ4v) is 2.26. The van der Waals surface area contributed by atoms with Gasteiger partial charge in [-0.1, -0.05) is 6.92 Å². The average Bonchev–Trinajstić information content (AvgIpc) is 2.25. The molecule has 0 unspecified atom stereocenters. The van der Waals surface area contributed by atoms with Gasteiger partial charge in [0.05, 0.1) is 17.7 Å². The molecule has 16 heavy (non-hydrogen) atoms. The molecule has 3 N–H and O–H groups in total. The van der Waals surface area contributed by atoms with Gasteiger partial charge in [-0.2, -0.15) is 0 Å². The molecule has 94 valence electrons. The van der Waals surface area contributed by atoms with Crippen LogP contribution >= 0.6 is 0 Å². The lowest BCUT2D eigenvalue weighted by Crippen LogP contribution is -2.63. The smallest absolute Gasteiger partial charge is 0.254 e. The van der Waals surface area contributed by atoms with Crippen molar-refractivity contribution < 1.29 is 9.53 Å². The summed E-state index contributed by atoms with van der Waals surface area (Å²) in [5.41, 5.74) is 1.72. The Morgan fingerprint density at radius 1 is 1.50 bits per heavy atom. The van der Waals surface area contributed by atoms with E-state index in [4.69, 9.17) is 10.6 Å². The molecule has 0 radical (unpaired) electrons. The van der Waals surface area contributed by atoms with E-state index < -0.39 is 5.54 Å². The maximum atomic E-state index is 11.9. The predicted octanol–water partition coefficient (Wildman–Crippen LogP) is 0.254. The van der Waals surface area contributed by atoms with Gasteiger partial charge in [0.25, 0.3) is 5.91 Å². The Balaban J connectivity index is 2.83. The summed E-state index contributed by atoms with van der Waals surface area (Å²) >= 11 is 0. The quantitative estimate of drug-likeness (QED) is 0.414. The average molecular weight is 229 g/mol. The van der Waals surface area contributed by atoms with Crippen molar-refractivity contribution in [2.75, 3.05) is 13.1 Å². The molecule has 1 heterocycles. The second-order valence-electron chi connectivity index (χ2n) is 4.76. The van der Waals surface area contributed by atoms with E-state index in [-0.39, 0.29) is 18.1 Å². The van der Waals surface area contributed by atoms with Crippen molar-refractivity contribution in [3.63, 3.8) is 0 Å². The highest BCUT2D eigenvalue weighted by Gasteiger charge is 2.40. The van der Waals surface area contributed by atoms with Gasteiger partial charge in [-0.15, -0.1) is 0 Å². The lowest BCUT2D eigenvalue weighted by molar-refractivity contribution is -0.143. The van der Waals surface area contributed by atoms with Crippen molar-refractivity contribution in [1.82, 2.24) is 10.3 Å². The lowest BCUT2D eigenvalue weighted by atomic mass is 9.93. The number of rotatable bonds is 3. The summed E-state index contributed by atoms with van der Waals surface area (Å²) in [4.78, 5) is 14.0. The number of hydrogen-bond acceptors (Lipinski definition) is 4. The highest BCUT2D eigenvalue weighted by molar-refractivity contribution is 5.85. The minimum atomic E-state index is -0.541. The van der Waals surface area contributed by atoms with E-state index in [1.165, 1.54) is 0 Å². The number of nitrogens with one attached hydrogen (secondary N) is 1. The van der Waals surface area contributed by atoms with Crippen molar-refractivity contribution in [1.29, 1.82) is 0 Å². The molecule has 0 aromatic heterocycles. The van der Waals surface area contributed by atoms with E-state index in [0.717, 1.165) is 19.5 Å². The molecule has 1 amide bonds. The highest BCUT2D eigenvalue weighted by Crippen LogP contribution is 2.24. The largest absolute Gasteiger partial charge is 0.373 e. The summed E-state index contributed by atoms with van der Waals surface area (Å²) in [5.74, 6) is 5.12. The van der Waals surface area contributed by atoms with Gasteiger partial charge in [-0.3, -0.25) is 15.1 Å². The first-order chi connectivity index (χ1) is 7.43. The van der Waals surface area contributed by atoms with Gasteiger partial charge < -0.3 is 4.74 Å². The summed E-state index contributed by atoms with van der Waals surface area (Å²) in [6, 6.07) is 0. The molecule has 3 atom stereocenters. The van der Waals surface area contributed by atoms with Crippen molar-refractivity contribution in [2.45, 2.75) is 51.9 Å². The van der Waals surface area contributed by atoms with E-state index in [2.05, 4.69) is 10.3 Å². The Kier molecular flexibility index (Phi) is 4.29. The second kappa shape index (κ2) is 5.12. The Bertz CT molecular complexity index is 250. The van der Waals surface area contributed by atoms with Crippen LogP contribution in [0.15, 0.2) is 0 Å². The lowest BCUT2D eigenvalue weighted by Gasteiger charge is -2.45. The molecule has 5 heteroatoms. The minimum absolute atomic E-state index is 0.128. The third-order valence-electron chi connectivity index (χ3n) is 3.43. The first kappa shape index (κ1) is 13.4. The zero-order valence-corrected chi connectivity index (χ0v) is 10.6. The Hall–Kier alpha value is -0.650. The van der Waals surface area contributed by atoms with Gasteiger partial charge in [0, 0.05) is 13.1 Å². The third kappa shape index (κ3) is 2.53. The first-order valence-electron chi connectivity index (χ1n) is 5.85. The topological polar surface area (TPSA) is 67.6 Å². The van der Waals surface area contributed by atoms with Gasteiger partial charge in [0.15, 0.2) is 0 Å². The molecule has 0 saturated carbocycles. The number of carbonyl (C=O) groups excluding carboxylic acids is 1. The van der Waals surface area contributed by atoms with E-state index in [0.29, 0.717) is 0 Å². The molecule has 0 aromatic rings. The standard InChI is InChI=1S/C11H23N3O2/c1-5-11(4,10(15)13-12)14-6-8(2)16-9(3)7-14/h8-9H,5-7,12H2,1-4H3,(H,13,15)/t8-,9-,11-/m1/s1. The molecule has 1 fully saturated rings. The van der Waals surface area contributed by atoms with Crippen LogP contribution in [0.3, 0.4) is 0 Å². The number of ether oxygens (including phenoxy) is 1. The number of morpholine rings is 1. The second-order valence-corrected chi connectivity index (χ2v) is 4.76. The number of amides is 1. The molecule has 0 spiro atoms. The highest BCUT2D eigenvalue weighted by atomic mass is 16.5. The molecule has 0 bridgehead atoms. The number of nitrogens with two attached hydrogens (primary N) is 1. The van der Waals surface area contributed by atoms with Crippen LogP contribution in [0.5, 0.6) is 0 Å². The van der Waals surface area contributed by atoms with Crippen molar-refractivity contribution >= 4 is 5.91 Å². The number of hydrazine groups is 1. The van der Waals surface area contributed by atoms with Crippen LogP contribution in [-0.2, 0) is 9.53 Å². The van der Waals surface area contributed by atoms with Crippen LogP contribution in [0.25, 0.3) is 0 Å². The molecular weight excluding hydrogens is 206 g/mol. The number of nitrogens with zero attached hydrogens (tertiary/aromatic N) is 1. The molecule has 0 aliphatic carbocycles. The maximum absolute atomic E-state index is 11.9. The van der Waals surface area contributed by atoms with Crippen molar-refractivity contribution in [2.24, 2.45) is 5.84 Å². The van der Waals surface area contributed by atoms with Gasteiger partial charge in [-0.05, 0) is 27.2 Å². The zero-order valence-electron chi connectivity index (χ0n) is 10.6. The number of carbonyl (C=O) groups is 1. The molecule has 1 saturated heterocycles. The van der Waals surface area contributed by atoms with E-state index >= 15 is 0 Å². The Morgan fingerprint density at radius 2 is 2.00 bits per heavy atom. The van der Waals surface area contributed by atoms with Crippen LogP contribution in [0, 0.1) is 0 Å². The third-order valence-corrected chi connectivity index (χ3v) is 3.43. The van der Waals surface area contributed by atoms with E-state index in [1.807, 2.05) is 27.7 Å². The predicted molar refractivity (Wildman–Crippen MR) is 62.6 cm³/mol. The van der Waals surface area contributed by atoms with Crippen LogP contribution in [-0.4, -0.2) is 41.6 Å². The fourth-order valence-electron chi connectivity index (χ4n) is 2.26. The van der Waals surface area contributed by atoms with E-state index in [9.17, 15) is 4.79 Å². The summed E-state index contributed by atoms with van der Waals surface area (Å²) in [5, 5.41) is 0. The summed E-state index contributed by atoms with van der Waals surface area (Å²) in [6.07, 6.45) is 1.04. The molecule has 1 aliphatic rings. The van der Waals surface area contributed by atoms with Crippen LogP contribution < -0.4 is 11.3 Å². The molecule has 1 rings (SSSR count). The fraction of sp³-hybridized carbons (Fsp3) is 0.909. The molecular formula is C11H23N3O2. The van der Waals surface area contributed by atoms with Gasteiger partial charge in [0.2, 0.25) is 0 Å². The first-order valence-corrected chi connectivity index (χ1v) is 5.85. The minimum Gasteiger partial charge on any atom is -0.373 e. The van der Waals surface area contributed by atoms with Crippen LogP contribution in [0.4, 0.5) is 0 Å². The SMILES string of the molecule is CC[C@](C)(C(=O)NN)N1C[C@@H](C)O[C@H](C)C1. The summed E-state index contributed by atoms with van der Waals surface area (Å²) in [6.45, 7) is 9.52. The van der Waals surface area contributed by atoms with Gasteiger partial charge in [-0.25, -0.2) is 5.84 Å². The van der Waals surface area contributed by atoms with Crippen molar-refractivity contribution in [3.05, 3.63) is 0 Å². The Labute approximate surface area is 97.3 Å². The molecule has 1 aliphatic heterocycles. The van der Waals surface area contributed by atoms with Crippen LogP contribution in [0.1, 0.15) is 34.1 Å². The summed E-state index contributed by atoms with van der Waals surface area (Å²) in [7, 11) is 0. The van der Waals surface area contributed by atoms with Crippen LogP contribution in [0.2, 0.25) is 0 Å². The van der Waals surface area contributed by atoms with Crippen molar-refractivity contribution in [3.8, 4) is 0 Å². The van der Waals surface area contributed by atoms with Gasteiger partial charge in [0.1, 0.15) is 0 Å².